The number of pyridine rings is 2. The van der Waals surface area contributed by atoms with Crippen LogP contribution in [-0.2, 0) is 18.2 Å². The van der Waals surface area contributed by atoms with Crippen molar-refractivity contribution in [2.75, 3.05) is 19.0 Å². The monoisotopic (exact) mass is 288 g/mol. The van der Waals surface area contributed by atoms with Crippen LogP contribution in [0.15, 0.2) is 54.2 Å². The lowest BCUT2D eigenvalue weighted by molar-refractivity contribution is -0.788. The summed E-state index contributed by atoms with van der Waals surface area (Å²) in [5.41, 5.74) is 1.96. The Hall–Kier alpha value is -2.47. The standard InChI is InChI=1S/C15H19N4O2/c1-17(2)15-4-3-7-19(11-15)13-21-12-18-8-5-14(6-9-18)10-16-20/h3-11H,12-13H2,1-2H3/q+1/p+1. The minimum atomic E-state index is 0.454. The molecular formula is C15H20N4O2+2. The van der Waals surface area contributed by atoms with Crippen molar-refractivity contribution in [2.45, 2.75) is 13.5 Å². The molecule has 0 atom stereocenters. The van der Waals surface area contributed by atoms with Gasteiger partial charge < -0.3 is 10.1 Å². The van der Waals surface area contributed by atoms with Crippen molar-refractivity contribution in [2.24, 2.45) is 5.16 Å². The van der Waals surface area contributed by atoms with E-state index in [1.165, 1.54) is 6.21 Å². The zero-order chi connectivity index (χ0) is 15.1. The summed E-state index contributed by atoms with van der Waals surface area (Å²) in [6.45, 7) is 0.935. The number of hydrogen-bond donors (Lipinski definition) is 1. The van der Waals surface area contributed by atoms with Crippen molar-refractivity contribution in [1.82, 2.24) is 0 Å². The normalized spacial score (nSPS) is 11.0. The molecule has 0 bridgehead atoms. The number of ether oxygens (including phenoxy) is 1. The molecule has 2 rings (SSSR count). The number of nitrogens with zero attached hydrogens (tertiary/aromatic N) is 4. The minimum absolute atomic E-state index is 0.454. The lowest BCUT2D eigenvalue weighted by atomic mass is 10.3. The Morgan fingerprint density at radius 3 is 2.52 bits per heavy atom. The van der Waals surface area contributed by atoms with Gasteiger partial charge >= 0.3 is 0 Å². The average Bonchev–Trinajstić information content (AvgIpc) is 2.50. The van der Waals surface area contributed by atoms with Gasteiger partial charge in [-0.15, -0.1) is 0 Å². The van der Waals surface area contributed by atoms with E-state index in [9.17, 15) is 0 Å². The molecule has 0 fully saturated rings. The molecule has 0 spiro atoms. The third-order valence-electron chi connectivity index (χ3n) is 2.96. The van der Waals surface area contributed by atoms with Gasteiger partial charge in [-0.05, 0) is 6.07 Å². The second-order valence-corrected chi connectivity index (χ2v) is 4.82. The van der Waals surface area contributed by atoms with Gasteiger partial charge in [-0.1, -0.05) is 5.16 Å². The molecule has 0 aliphatic rings. The van der Waals surface area contributed by atoms with Gasteiger partial charge in [0.25, 0.3) is 13.5 Å². The number of aromatic nitrogens is 2. The Morgan fingerprint density at radius 2 is 1.86 bits per heavy atom. The predicted octanol–water partition coefficient (Wildman–Crippen LogP) is 0.768. The molecule has 0 saturated carbocycles. The summed E-state index contributed by atoms with van der Waals surface area (Å²) in [7, 11) is 4.02. The molecule has 2 heterocycles. The van der Waals surface area contributed by atoms with Gasteiger partial charge in [0, 0.05) is 37.9 Å². The number of anilines is 1. The van der Waals surface area contributed by atoms with E-state index >= 15 is 0 Å². The lowest BCUT2D eigenvalue weighted by Gasteiger charge is -2.09. The van der Waals surface area contributed by atoms with Gasteiger partial charge in [-0.2, -0.15) is 9.13 Å². The van der Waals surface area contributed by atoms with Crippen LogP contribution in [-0.4, -0.2) is 25.5 Å². The smallest absolute Gasteiger partial charge is 0.257 e. The van der Waals surface area contributed by atoms with Crippen molar-refractivity contribution in [3.8, 4) is 0 Å². The lowest BCUT2D eigenvalue weighted by Crippen LogP contribution is -2.40. The van der Waals surface area contributed by atoms with Crippen LogP contribution in [0.5, 0.6) is 0 Å². The topological polar surface area (TPSA) is 52.8 Å². The largest absolute Gasteiger partial charge is 0.411 e. The van der Waals surface area contributed by atoms with Gasteiger partial charge in [-0.25, -0.2) is 0 Å². The van der Waals surface area contributed by atoms with E-state index < -0.39 is 0 Å². The minimum Gasteiger partial charge on any atom is -0.411 e. The molecule has 110 valence electrons. The van der Waals surface area contributed by atoms with Crippen LogP contribution in [0.4, 0.5) is 5.69 Å². The summed E-state index contributed by atoms with van der Waals surface area (Å²) in [5.74, 6) is 0. The van der Waals surface area contributed by atoms with Crippen LogP contribution in [0.2, 0.25) is 0 Å². The predicted molar refractivity (Wildman–Crippen MR) is 78.1 cm³/mol. The van der Waals surface area contributed by atoms with E-state index in [-0.39, 0.29) is 0 Å². The first-order chi connectivity index (χ1) is 10.2. The van der Waals surface area contributed by atoms with Gasteiger partial charge in [0.2, 0.25) is 0 Å². The van der Waals surface area contributed by atoms with Crippen molar-refractivity contribution in [3.05, 3.63) is 54.6 Å². The summed E-state index contributed by atoms with van der Waals surface area (Å²) < 4.78 is 9.56. The van der Waals surface area contributed by atoms with Crippen LogP contribution in [0, 0.1) is 0 Å². The fourth-order valence-corrected chi connectivity index (χ4v) is 1.81. The maximum absolute atomic E-state index is 8.45. The van der Waals surface area contributed by atoms with E-state index in [0.29, 0.717) is 13.5 Å². The third-order valence-corrected chi connectivity index (χ3v) is 2.96. The Balaban J connectivity index is 1.87. The second kappa shape index (κ2) is 7.35. The molecule has 0 amide bonds. The zero-order valence-electron chi connectivity index (χ0n) is 12.3. The first-order valence-electron chi connectivity index (χ1n) is 6.60. The SMILES string of the molecule is CN(C)c1ccc[n+](COC[n+]2ccc(/C=N/O)cc2)c1. The molecule has 0 saturated heterocycles. The average molecular weight is 288 g/mol. The van der Waals surface area contributed by atoms with Gasteiger partial charge in [0.1, 0.15) is 5.69 Å². The van der Waals surface area contributed by atoms with E-state index in [0.717, 1.165) is 11.3 Å². The number of oxime groups is 1. The van der Waals surface area contributed by atoms with Crippen LogP contribution < -0.4 is 14.0 Å². The molecule has 0 aliphatic heterocycles. The molecule has 6 nitrogen and oxygen atoms in total. The highest BCUT2D eigenvalue weighted by Gasteiger charge is 2.06. The quantitative estimate of drug-likeness (QED) is 0.370. The Bertz CT molecular complexity index is 597. The molecule has 0 aliphatic carbocycles. The number of rotatable bonds is 6. The molecule has 2 aromatic rings. The summed E-state index contributed by atoms with van der Waals surface area (Å²) in [5, 5.41) is 11.4. The maximum atomic E-state index is 8.45. The first kappa shape index (κ1) is 14.9. The van der Waals surface area contributed by atoms with Crippen molar-refractivity contribution in [1.29, 1.82) is 0 Å². The summed E-state index contributed by atoms with van der Waals surface area (Å²) >= 11 is 0. The highest BCUT2D eigenvalue weighted by molar-refractivity contribution is 5.78. The van der Waals surface area contributed by atoms with Crippen LogP contribution >= 0.6 is 0 Å². The highest BCUT2D eigenvalue weighted by Crippen LogP contribution is 2.04. The molecule has 1 N–H and O–H groups in total. The van der Waals surface area contributed by atoms with E-state index in [1.807, 2.05) is 77.2 Å². The molecule has 6 heteroatoms. The first-order valence-corrected chi connectivity index (χ1v) is 6.60. The second-order valence-electron chi connectivity index (χ2n) is 4.82. The van der Waals surface area contributed by atoms with Gasteiger partial charge in [0.05, 0.1) is 6.21 Å². The van der Waals surface area contributed by atoms with E-state index in [1.54, 1.807) is 0 Å². The molecule has 2 aromatic heterocycles. The Kier molecular flexibility index (Phi) is 5.22. The van der Waals surface area contributed by atoms with Gasteiger partial charge in [-0.3, -0.25) is 4.74 Å². The van der Waals surface area contributed by atoms with Crippen molar-refractivity contribution < 1.29 is 19.1 Å². The zero-order valence-corrected chi connectivity index (χ0v) is 12.3. The summed E-state index contributed by atoms with van der Waals surface area (Å²) in [4.78, 5) is 2.05. The fourth-order valence-electron chi connectivity index (χ4n) is 1.81. The Labute approximate surface area is 124 Å². The van der Waals surface area contributed by atoms with Crippen molar-refractivity contribution >= 4 is 11.9 Å². The molecule has 0 unspecified atom stereocenters. The van der Waals surface area contributed by atoms with Crippen LogP contribution in [0.3, 0.4) is 0 Å². The molecular weight excluding hydrogens is 268 g/mol. The van der Waals surface area contributed by atoms with Crippen LogP contribution in [0.25, 0.3) is 0 Å². The maximum Gasteiger partial charge on any atom is 0.257 e. The number of hydrogen-bond acceptors (Lipinski definition) is 4. The van der Waals surface area contributed by atoms with E-state index in [2.05, 4.69) is 5.16 Å². The van der Waals surface area contributed by atoms with Crippen molar-refractivity contribution in [3.63, 3.8) is 0 Å². The molecule has 21 heavy (non-hydrogen) atoms. The fraction of sp³-hybridized carbons (Fsp3) is 0.267. The summed E-state index contributed by atoms with van der Waals surface area (Å²) in [6.07, 6.45) is 9.13. The van der Waals surface area contributed by atoms with Crippen LogP contribution in [0.1, 0.15) is 5.56 Å². The van der Waals surface area contributed by atoms with Gasteiger partial charge in [0.15, 0.2) is 24.8 Å². The summed E-state index contributed by atoms with van der Waals surface area (Å²) in [6, 6.07) is 7.74. The third kappa shape index (κ3) is 4.54. The molecule has 0 aromatic carbocycles. The Morgan fingerprint density at radius 1 is 1.14 bits per heavy atom. The highest BCUT2D eigenvalue weighted by atomic mass is 16.5. The van der Waals surface area contributed by atoms with E-state index in [4.69, 9.17) is 9.94 Å². The molecule has 0 radical (unpaired) electrons.